The predicted molar refractivity (Wildman–Crippen MR) is 61.0 cm³/mol. The molecular formula is C10H21N3O4. The van der Waals surface area contributed by atoms with Crippen LogP contribution in [0.15, 0.2) is 0 Å². The fourth-order valence-corrected chi connectivity index (χ4v) is 1.71. The zero-order valence-electron chi connectivity index (χ0n) is 9.96. The van der Waals surface area contributed by atoms with Gasteiger partial charge in [-0.05, 0) is 6.42 Å². The van der Waals surface area contributed by atoms with E-state index >= 15 is 0 Å². The summed E-state index contributed by atoms with van der Waals surface area (Å²) in [4.78, 5) is 11.7. The number of hydrazine groups is 1. The molecule has 7 nitrogen and oxygen atoms in total. The van der Waals surface area contributed by atoms with Gasteiger partial charge in [-0.3, -0.25) is 5.01 Å². The number of hydrogen-bond acceptors (Lipinski definition) is 5. The van der Waals surface area contributed by atoms with Crippen molar-refractivity contribution in [3.8, 4) is 0 Å². The van der Waals surface area contributed by atoms with Crippen LogP contribution in [0.4, 0.5) is 4.79 Å². The van der Waals surface area contributed by atoms with Crippen LogP contribution in [0.25, 0.3) is 0 Å². The fourth-order valence-electron chi connectivity index (χ4n) is 1.71. The number of nitrogens with one attached hydrogen (secondary N) is 2. The molecule has 2 amide bonds. The highest BCUT2D eigenvalue weighted by molar-refractivity contribution is 5.74. The molecule has 1 heterocycles. The number of amides is 2. The standard InChI is InChI=1S/C10H21N3O4/c1-2-3-4-11-10(17)13-7(6-14)9(16)8(15)5-12-13/h7-9,12,14-16H,2-6H2,1H3,(H,11,17)/t7-,8+,9-/m1/s1. The first-order valence-electron chi connectivity index (χ1n) is 5.89. The third-order valence-electron chi connectivity index (χ3n) is 2.80. The molecule has 0 aromatic carbocycles. The number of β-amino-alcohol motifs (C(OH)–C–C–N with tert-alkyl or cyclic N) is 1. The van der Waals surface area contributed by atoms with E-state index in [0.717, 1.165) is 17.9 Å². The zero-order valence-corrected chi connectivity index (χ0v) is 9.96. The fraction of sp³-hybridized carbons (Fsp3) is 0.900. The van der Waals surface area contributed by atoms with Crippen LogP contribution < -0.4 is 10.7 Å². The first kappa shape index (κ1) is 14.2. The summed E-state index contributed by atoms with van der Waals surface area (Å²) in [5.41, 5.74) is 2.68. The number of carbonyl (C=O) groups excluding carboxylic acids is 1. The Labute approximate surface area is 100 Å². The molecule has 0 aromatic heterocycles. The maximum Gasteiger partial charge on any atom is 0.332 e. The number of unbranched alkanes of at least 4 members (excludes halogenated alkanes) is 1. The predicted octanol–water partition coefficient (Wildman–Crippen LogP) is -1.60. The van der Waals surface area contributed by atoms with E-state index in [1.807, 2.05) is 6.92 Å². The molecule has 5 N–H and O–H groups in total. The second kappa shape index (κ2) is 6.75. The van der Waals surface area contributed by atoms with Crippen LogP contribution in [0, 0.1) is 0 Å². The van der Waals surface area contributed by atoms with Crippen LogP contribution in [0.2, 0.25) is 0 Å². The normalized spacial score (nSPS) is 29.2. The van der Waals surface area contributed by atoms with E-state index in [1.54, 1.807) is 0 Å². The van der Waals surface area contributed by atoms with Crippen molar-refractivity contribution < 1.29 is 20.1 Å². The number of rotatable bonds is 4. The van der Waals surface area contributed by atoms with Crippen LogP contribution in [-0.2, 0) is 0 Å². The van der Waals surface area contributed by atoms with Crippen molar-refractivity contribution in [1.29, 1.82) is 0 Å². The number of hydrogen-bond donors (Lipinski definition) is 5. The highest BCUT2D eigenvalue weighted by atomic mass is 16.3. The molecule has 0 spiro atoms. The summed E-state index contributed by atoms with van der Waals surface area (Å²) in [6, 6.07) is -1.23. The first-order valence-corrected chi connectivity index (χ1v) is 5.89. The molecule has 0 radical (unpaired) electrons. The van der Waals surface area contributed by atoms with Crippen LogP contribution in [0.3, 0.4) is 0 Å². The minimum Gasteiger partial charge on any atom is -0.394 e. The number of nitrogens with zero attached hydrogens (tertiary/aromatic N) is 1. The van der Waals surface area contributed by atoms with Crippen molar-refractivity contribution in [1.82, 2.24) is 15.8 Å². The largest absolute Gasteiger partial charge is 0.394 e. The van der Waals surface area contributed by atoms with E-state index in [-0.39, 0.29) is 6.54 Å². The Kier molecular flexibility index (Phi) is 5.63. The van der Waals surface area contributed by atoms with E-state index < -0.39 is 30.9 Å². The molecular weight excluding hydrogens is 226 g/mol. The monoisotopic (exact) mass is 247 g/mol. The Hall–Kier alpha value is -0.890. The molecule has 3 atom stereocenters. The summed E-state index contributed by atoms with van der Waals surface area (Å²) in [7, 11) is 0. The van der Waals surface area contributed by atoms with Crippen molar-refractivity contribution in [3.63, 3.8) is 0 Å². The van der Waals surface area contributed by atoms with Gasteiger partial charge in [-0.15, -0.1) is 0 Å². The molecule has 0 aromatic rings. The molecule has 1 aliphatic rings. The van der Waals surface area contributed by atoms with Crippen molar-refractivity contribution in [3.05, 3.63) is 0 Å². The molecule has 0 bridgehead atoms. The van der Waals surface area contributed by atoms with Gasteiger partial charge in [-0.25, -0.2) is 10.2 Å². The lowest BCUT2D eigenvalue weighted by Gasteiger charge is -2.40. The quantitative estimate of drug-likeness (QED) is 0.385. The molecule has 1 saturated heterocycles. The Morgan fingerprint density at radius 3 is 2.82 bits per heavy atom. The lowest BCUT2D eigenvalue weighted by Crippen LogP contribution is -2.67. The Morgan fingerprint density at radius 1 is 1.53 bits per heavy atom. The number of aliphatic hydroxyl groups excluding tert-OH is 3. The summed E-state index contributed by atoms with van der Waals surface area (Å²) in [6.07, 6.45) is -0.280. The van der Waals surface area contributed by atoms with E-state index in [2.05, 4.69) is 10.7 Å². The summed E-state index contributed by atoms with van der Waals surface area (Å²) < 4.78 is 0. The van der Waals surface area contributed by atoms with Gasteiger partial charge in [0, 0.05) is 13.1 Å². The van der Waals surface area contributed by atoms with E-state index in [9.17, 15) is 15.0 Å². The minimum absolute atomic E-state index is 0.0822. The molecule has 100 valence electrons. The van der Waals surface area contributed by atoms with Gasteiger partial charge in [0.1, 0.15) is 12.1 Å². The number of aliphatic hydroxyl groups is 3. The lowest BCUT2D eigenvalue weighted by atomic mass is 10.0. The van der Waals surface area contributed by atoms with E-state index in [4.69, 9.17) is 5.11 Å². The summed E-state index contributed by atoms with van der Waals surface area (Å²) in [5.74, 6) is 0. The van der Waals surface area contributed by atoms with Crippen molar-refractivity contribution in [2.45, 2.75) is 38.0 Å². The van der Waals surface area contributed by atoms with Crippen molar-refractivity contribution >= 4 is 6.03 Å². The SMILES string of the molecule is CCCCNC(=O)N1NC[C@H](O)[C@H](O)[C@H]1CO. The van der Waals surface area contributed by atoms with Crippen LogP contribution in [0.5, 0.6) is 0 Å². The topological polar surface area (TPSA) is 105 Å². The van der Waals surface area contributed by atoms with Crippen LogP contribution >= 0.6 is 0 Å². The Balaban J connectivity index is 2.53. The van der Waals surface area contributed by atoms with Gasteiger partial charge in [-0.1, -0.05) is 13.3 Å². The van der Waals surface area contributed by atoms with Gasteiger partial charge in [-0.2, -0.15) is 0 Å². The van der Waals surface area contributed by atoms with Gasteiger partial charge in [0.05, 0.1) is 12.7 Å². The number of carbonyl (C=O) groups is 1. The maximum atomic E-state index is 11.7. The second-order valence-electron chi connectivity index (χ2n) is 4.13. The van der Waals surface area contributed by atoms with Crippen molar-refractivity contribution in [2.75, 3.05) is 19.7 Å². The average Bonchev–Trinajstić information content (AvgIpc) is 2.32. The highest BCUT2D eigenvalue weighted by Gasteiger charge is 2.38. The van der Waals surface area contributed by atoms with Crippen LogP contribution in [0.1, 0.15) is 19.8 Å². The van der Waals surface area contributed by atoms with Gasteiger partial charge in [0.2, 0.25) is 0 Å². The summed E-state index contributed by atoms with van der Waals surface area (Å²) in [6.45, 7) is 2.23. The van der Waals surface area contributed by atoms with Gasteiger partial charge in [0.15, 0.2) is 0 Å². The van der Waals surface area contributed by atoms with Gasteiger partial charge in [0.25, 0.3) is 0 Å². The molecule has 1 rings (SSSR count). The molecule has 0 aliphatic carbocycles. The maximum absolute atomic E-state index is 11.7. The minimum atomic E-state index is -1.14. The molecule has 7 heteroatoms. The van der Waals surface area contributed by atoms with E-state index in [0.29, 0.717) is 6.54 Å². The number of urea groups is 1. The molecule has 0 saturated carbocycles. The lowest BCUT2D eigenvalue weighted by molar-refractivity contribution is -0.0901. The molecule has 0 unspecified atom stereocenters. The van der Waals surface area contributed by atoms with Gasteiger partial charge >= 0.3 is 6.03 Å². The van der Waals surface area contributed by atoms with Crippen LogP contribution in [-0.4, -0.2) is 64.3 Å². The molecule has 1 fully saturated rings. The zero-order chi connectivity index (χ0) is 12.8. The van der Waals surface area contributed by atoms with Crippen molar-refractivity contribution in [2.24, 2.45) is 0 Å². The summed E-state index contributed by atoms with van der Waals surface area (Å²) >= 11 is 0. The molecule has 17 heavy (non-hydrogen) atoms. The van der Waals surface area contributed by atoms with E-state index in [1.165, 1.54) is 0 Å². The second-order valence-corrected chi connectivity index (χ2v) is 4.13. The third kappa shape index (κ3) is 3.53. The molecule has 1 aliphatic heterocycles. The third-order valence-corrected chi connectivity index (χ3v) is 2.80. The summed E-state index contributed by atoms with van der Waals surface area (Å²) in [5, 5.41) is 32.0. The van der Waals surface area contributed by atoms with Gasteiger partial charge < -0.3 is 20.6 Å². The Morgan fingerprint density at radius 2 is 2.24 bits per heavy atom. The Bertz CT molecular complexity index is 252. The smallest absolute Gasteiger partial charge is 0.332 e. The highest BCUT2D eigenvalue weighted by Crippen LogP contribution is 2.11. The average molecular weight is 247 g/mol. The first-order chi connectivity index (χ1) is 8.11.